The number of benzene rings is 1. The molecule has 0 aliphatic carbocycles. The Bertz CT molecular complexity index is 841. The third-order valence-electron chi connectivity index (χ3n) is 4.69. The van der Waals surface area contributed by atoms with Crippen molar-refractivity contribution in [2.75, 3.05) is 18.0 Å². The summed E-state index contributed by atoms with van der Waals surface area (Å²) in [5.74, 6) is 0.644. The van der Waals surface area contributed by atoms with Crippen LogP contribution in [0.3, 0.4) is 0 Å². The van der Waals surface area contributed by atoms with E-state index in [0.717, 1.165) is 31.7 Å². The number of nitrogens with zero attached hydrogens (tertiary/aromatic N) is 3. The highest BCUT2D eigenvalue weighted by atomic mass is 32.2. The summed E-state index contributed by atoms with van der Waals surface area (Å²) in [5.41, 5.74) is 7.19. The molecule has 0 amide bonds. The van der Waals surface area contributed by atoms with E-state index in [9.17, 15) is 8.42 Å². The van der Waals surface area contributed by atoms with Crippen molar-refractivity contribution in [1.29, 1.82) is 0 Å². The molecule has 1 fully saturated rings. The fourth-order valence-corrected chi connectivity index (χ4v) is 4.31. The third-order valence-corrected chi connectivity index (χ3v) is 6.34. The van der Waals surface area contributed by atoms with Crippen LogP contribution >= 0.6 is 0 Å². The van der Waals surface area contributed by atoms with Crippen molar-refractivity contribution in [3.63, 3.8) is 0 Å². The van der Waals surface area contributed by atoms with Gasteiger partial charge in [-0.05, 0) is 38.8 Å². The van der Waals surface area contributed by atoms with E-state index >= 15 is 0 Å². The van der Waals surface area contributed by atoms with Gasteiger partial charge in [0, 0.05) is 18.6 Å². The Hall–Kier alpha value is -1.99. The van der Waals surface area contributed by atoms with Gasteiger partial charge in [0.1, 0.15) is 5.82 Å². The van der Waals surface area contributed by atoms with Crippen molar-refractivity contribution in [3.8, 4) is 0 Å². The van der Waals surface area contributed by atoms with E-state index in [4.69, 9.17) is 5.73 Å². The molecule has 0 saturated carbocycles. The number of hydrogen-bond acceptors (Lipinski definition) is 6. The van der Waals surface area contributed by atoms with Gasteiger partial charge < -0.3 is 10.6 Å². The quantitative estimate of drug-likeness (QED) is 0.898. The Labute approximate surface area is 149 Å². The Morgan fingerprint density at radius 1 is 1.20 bits per heavy atom. The molecule has 134 valence electrons. The normalized spacial score (nSPS) is 17.5. The molecular weight excluding hydrogens is 336 g/mol. The molecule has 2 N–H and O–H groups in total. The number of sulfone groups is 1. The van der Waals surface area contributed by atoms with E-state index in [0.29, 0.717) is 16.3 Å². The molecule has 6 nitrogen and oxygen atoms in total. The minimum atomic E-state index is -3.42. The van der Waals surface area contributed by atoms with Crippen LogP contribution in [-0.4, -0.2) is 37.0 Å². The summed E-state index contributed by atoms with van der Waals surface area (Å²) in [6, 6.07) is 8.43. The SMILES string of the molecule is Cc1nc(N2CCC(C)(N)CC2)cnc1CS(=O)(=O)c1ccccc1. The standard InChI is InChI=1S/C18H24N4O2S/c1-14-16(13-25(23,24)15-6-4-3-5-7-15)20-12-17(21-14)22-10-8-18(2,19)9-11-22/h3-7,12H,8-11,13,19H2,1-2H3. The molecule has 1 aromatic carbocycles. The monoisotopic (exact) mass is 360 g/mol. The molecule has 0 atom stereocenters. The van der Waals surface area contributed by atoms with Crippen LogP contribution in [0.4, 0.5) is 5.82 Å². The van der Waals surface area contributed by atoms with E-state index in [-0.39, 0.29) is 11.3 Å². The fourth-order valence-electron chi connectivity index (χ4n) is 2.93. The van der Waals surface area contributed by atoms with E-state index in [1.54, 1.807) is 36.5 Å². The largest absolute Gasteiger partial charge is 0.355 e. The predicted octanol–water partition coefficient (Wildman–Crippen LogP) is 2.08. The van der Waals surface area contributed by atoms with Gasteiger partial charge in [0.25, 0.3) is 0 Å². The second kappa shape index (κ2) is 6.72. The van der Waals surface area contributed by atoms with Crippen molar-refractivity contribution in [2.24, 2.45) is 5.73 Å². The molecule has 0 bridgehead atoms. The van der Waals surface area contributed by atoms with Gasteiger partial charge in [-0.1, -0.05) is 18.2 Å². The number of aryl methyl sites for hydroxylation is 1. The molecule has 1 aliphatic heterocycles. The summed E-state index contributed by atoms with van der Waals surface area (Å²) in [7, 11) is -3.42. The Morgan fingerprint density at radius 2 is 1.84 bits per heavy atom. The average molecular weight is 360 g/mol. The molecule has 0 spiro atoms. The van der Waals surface area contributed by atoms with Crippen LogP contribution in [0, 0.1) is 6.92 Å². The number of hydrogen-bond donors (Lipinski definition) is 1. The molecule has 1 aliphatic rings. The van der Waals surface area contributed by atoms with Crippen molar-refractivity contribution in [3.05, 3.63) is 47.9 Å². The zero-order valence-electron chi connectivity index (χ0n) is 14.6. The van der Waals surface area contributed by atoms with Crippen LogP contribution in [0.1, 0.15) is 31.2 Å². The van der Waals surface area contributed by atoms with Crippen LogP contribution in [0.25, 0.3) is 0 Å². The second-order valence-corrected chi connectivity index (χ2v) is 8.96. The van der Waals surface area contributed by atoms with Crippen LogP contribution in [0.15, 0.2) is 41.4 Å². The highest BCUT2D eigenvalue weighted by molar-refractivity contribution is 7.90. The number of nitrogens with two attached hydrogens (primary N) is 1. The first-order valence-electron chi connectivity index (χ1n) is 8.41. The highest BCUT2D eigenvalue weighted by Gasteiger charge is 2.27. The van der Waals surface area contributed by atoms with Gasteiger partial charge in [0.15, 0.2) is 9.84 Å². The van der Waals surface area contributed by atoms with Gasteiger partial charge in [-0.3, -0.25) is 4.98 Å². The third kappa shape index (κ3) is 4.16. The first-order valence-corrected chi connectivity index (χ1v) is 10.1. The number of aromatic nitrogens is 2. The van der Waals surface area contributed by atoms with E-state index in [1.807, 2.05) is 6.92 Å². The summed E-state index contributed by atoms with van der Waals surface area (Å²) in [5, 5.41) is 0. The van der Waals surface area contributed by atoms with Crippen LogP contribution in [0.2, 0.25) is 0 Å². The molecular formula is C18H24N4O2S. The first kappa shape index (κ1) is 17.8. The molecule has 7 heteroatoms. The summed E-state index contributed by atoms with van der Waals surface area (Å²) in [6.07, 6.45) is 3.47. The second-order valence-electron chi connectivity index (χ2n) is 6.97. The van der Waals surface area contributed by atoms with Gasteiger partial charge in [-0.2, -0.15) is 0 Å². The first-order chi connectivity index (χ1) is 11.8. The number of piperidine rings is 1. The summed E-state index contributed by atoms with van der Waals surface area (Å²) >= 11 is 0. The number of rotatable bonds is 4. The Kier molecular flexibility index (Phi) is 4.79. The maximum Gasteiger partial charge on any atom is 0.184 e. The minimum Gasteiger partial charge on any atom is -0.355 e. The van der Waals surface area contributed by atoms with Crippen LogP contribution in [-0.2, 0) is 15.6 Å². The molecule has 2 aromatic rings. The Balaban J connectivity index is 1.77. The van der Waals surface area contributed by atoms with Crippen molar-refractivity contribution in [2.45, 2.75) is 42.9 Å². The molecule has 0 radical (unpaired) electrons. The molecule has 25 heavy (non-hydrogen) atoms. The van der Waals surface area contributed by atoms with Crippen molar-refractivity contribution < 1.29 is 8.42 Å². The topological polar surface area (TPSA) is 89.2 Å². The molecule has 1 saturated heterocycles. The van der Waals surface area contributed by atoms with Gasteiger partial charge in [0.2, 0.25) is 0 Å². The summed E-state index contributed by atoms with van der Waals surface area (Å²) in [4.78, 5) is 11.4. The predicted molar refractivity (Wildman–Crippen MR) is 98.1 cm³/mol. The van der Waals surface area contributed by atoms with E-state index < -0.39 is 9.84 Å². The minimum absolute atomic E-state index is 0.122. The van der Waals surface area contributed by atoms with Gasteiger partial charge >= 0.3 is 0 Å². The van der Waals surface area contributed by atoms with Gasteiger partial charge in [-0.25, -0.2) is 13.4 Å². The average Bonchev–Trinajstić information content (AvgIpc) is 2.57. The fraction of sp³-hybridized carbons (Fsp3) is 0.444. The maximum atomic E-state index is 12.5. The summed E-state index contributed by atoms with van der Waals surface area (Å²) in [6.45, 7) is 5.55. The zero-order valence-corrected chi connectivity index (χ0v) is 15.5. The maximum absolute atomic E-state index is 12.5. The van der Waals surface area contributed by atoms with Gasteiger partial charge in [0.05, 0.1) is 28.2 Å². The molecule has 2 heterocycles. The lowest BCUT2D eigenvalue weighted by molar-refractivity contribution is 0.363. The lowest BCUT2D eigenvalue weighted by Crippen LogP contribution is -2.48. The molecule has 1 aromatic heterocycles. The van der Waals surface area contributed by atoms with Crippen LogP contribution < -0.4 is 10.6 Å². The van der Waals surface area contributed by atoms with E-state index in [2.05, 4.69) is 21.8 Å². The Morgan fingerprint density at radius 3 is 2.44 bits per heavy atom. The lowest BCUT2D eigenvalue weighted by atomic mass is 9.91. The van der Waals surface area contributed by atoms with Crippen LogP contribution in [0.5, 0.6) is 0 Å². The van der Waals surface area contributed by atoms with Gasteiger partial charge in [-0.15, -0.1) is 0 Å². The highest BCUT2D eigenvalue weighted by Crippen LogP contribution is 2.24. The van der Waals surface area contributed by atoms with E-state index in [1.165, 1.54) is 0 Å². The van der Waals surface area contributed by atoms with Crippen molar-refractivity contribution in [1.82, 2.24) is 9.97 Å². The number of anilines is 1. The molecule has 0 unspecified atom stereocenters. The van der Waals surface area contributed by atoms with Crippen molar-refractivity contribution >= 4 is 15.7 Å². The zero-order chi connectivity index (χ0) is 18.1. The molecule has 3 rings (SSSR count). The lowest BCUT2D eigenvalue weighted by Gasteiger charge is -2.37. The summed E-state index contributed by atoms with van der Waals surface area (Å²) < 4.78 is 25.0. The smallest absolute Gasteiger partial charge is 0.184 e.